The van der Waals surface area contributed by atoms with Crippen LogP contribution in [0.2, 0.25) is 0 Å². The second-order valence-corrected chi connectivity index (χ2v) is 19.4. The van der Waals surface area contributed by atoms with Crippen LogP contribution in [0.15, 0.2) is 11.6 Å². The number of likely N-dealkylation sites (tertiary alicyclic amines) is 1. The third kappa shape index (κ3) is 14.5. The minimum Gasteiger partial charge on any atom is -0.462 e. The number of nitrogens with zero attached hydrogens (tertiary/aromatic N) is 1. The van der Waals surface area contributed by atoms with Gasteiger partial charge in [-0.25, -0.2) is 4.79 Å². The largest absolute Gasteiger partial charge is 0.462 e. The first-order valence-electron chi connectivity index (χ1n) is 22.3. The molecule has 3 heterocycles. The molecule has 18 nitrogen and oxygen atoms in total. The summed E-state index contributed by atoms with van der Waals surface area (Å²) in [7, 11) is 1.61. The smallest absolute Gasteiger partial charge is 0.407 e. The summed E-state index contributed by atoms with van der Waals surface area (Å²) in [6, 6.07) is -3.22. The summed E-state index contributed by atoms with van der Waals surface area (Å²) < 4.78 is 29.7. The van der Waals surface area contributed by atoms with E-state index in [-0.39, 0.29) is 48.4 Å². The van der Waals surface area contributed by atoms with Crippen LogP contribution in [0.4, 0.5) is 4.79 Å². The Bertz CT molecular complexity index is 1670. The van der Waals surface area contributed by atoms with Gasteiger partial charge in [0.1, 0.15) is 54.7 Å². The molecule has 0 bridgehead atoms. The quantitative estimate of drug-likeness (QED) is 0.0564. The number of esters is 1. The number of epoxide rings is 2. The maximum atomic E-state index is 13.3. The molecule has 0 aromatic rings. The van der Waals surface area contributed by atoms with E-state index in [2.05, 4.69) is 53.4 Å². The predicted molar refractivity (Wildman–Crippen MR) is 235 cm³/mol. The molecule has 0 aromatic heterocycles. The topological polar surface area (TPSA) is 236 Å². The van der Waals surface area contributed by atoms with Crippen molar-refractivity contribution in [2.45, 2.75) is 154 Å². The van der Waals surface area contributed by atoms with Crippen LogP contribution in [0.1, 0.15) is 100 Å². The van der Waals surface area contributed by atoms with Crippen LogP contribution < -0.4 is 26.6 Å². The lowest BCUT2D eigenvalue weighted by molar-refractivity contribution is -0.145. The summed E-state index contributed by atoms with van der Waals surface area (Å²) in [4.78, 5) is 92.1. The van der Waals surface area contributed by atoms with E-state index >= 15 is 0 Å². The maximum Gasteiger partial charge on any atom is 0.407 e. The van der Waals surface area contributed by atoms with Crippen LogP contribution in [-0.2, 0) is 52.5 Å². The molecule has 4 aliphatic rings. The summed E-state index contributed by atoms with van der Waals surface area (Å²) in [5.41, 5.74) is 0.354. The van der Waals surface area contributed by atoms with Gasteiger partial charge in [-0.15, -0.1) is 0 Å². The zero-order valence-corrected chi connectivity index (χ0v) is 39.6. The first-order valence-corrected chi connectivity index (χ1v) is 23.7. The third-order valence-electron chi connectivity index (χ3n) is 12.4. The molecule has 4 rings (SSSR count). The normalized spacial score (nSPS) is 27.4. The molecular formula is C44H72N6O12S. The van der Waals surface area contributed by atoms with E-state index in [0.29, 0.717) is 51.0 Å². The van der Waals surface area contributed by atoms with Gasteiger partial charge in [-0.2, -0.15) is 11.8 Å². The fourth-order valence-corrected chi connectivity index (χ4v) is 9.21. The maximum absolute atomic E-state index is 13.3. The van der Waals surface area contributed by atoms with Crippen molar-refractivity contribution in [3.63, 3.8) is 0 Å². The van der Waals surface area contributed by atoms with E-state index in [0.717, 1.165) is 6.42 Å². The van der Waals surface area contributed by atoms with E-state index in [4.69, 9.17) is 23.7 Å². The van der Waals surface area contributed by atoms with Gasteiger partial charge < -0.3 is 55.2 Å². The lowest BCUT2D eigenvalue weighted by Crippen LogP contribution is -2.56. The van der Waals surface area contributed by atoms with Crippen molar-refractivity contribution in [3.8, 4) is 0 Å². The van der Waals surface area contributed by atoms with Crippen LogP contribution in [0.5, 0.6) is 0 Å². The molecule has 4 fully saturated rings. The first kappa shape index (κ1) is 51.7. The molecule has 3 saturated heterocycles. The van der Waals surface area contributed by atoms with Crippen molar-refractivity contribution in [1.29, 1.82) is 0 Å². The Hall–Kier alpha value is -3.94. The average Bonchev–Trinajstić information content (AvgIpc) is 4.07. The molecule has 1 aliphatic carbocycles. The van der Waals surface area contributed by atoms with Gasteiger partial charge in [0.15, 0.2) is 0 Å². The Balaban J connectivity index is 1.24. The third-order valence-corrected chi connectivity index (χ3v) is 13.1. The molecule has 0 aromatic carbocycles. The fourth-order valence-electron chi connectivity index (χ4n) is 8.74. The van der Waals surface area contributed by atoms with Gasteiger partial charge in [0.2, 0.25) is 29.5 Å². The molecule has 6 amide bonds. The van der Waals surface area contributed by atoms with Crippen molar-refractivity contribution in [2.24, 2.45) is 17.8 Å². The number of hydrogen-bond donors (Lipinski definition) is 5. The van der Waals surface area contributed by atoms with Crippen LogP contribution in [0.25, 0.3) is 0 Å². The van der Waals surface area contributed by atoms with Crippen molar-refractivity contribution in [1.82, 2.24) is 31.5 Å². The minimum absolute atomic E-state index is 0.00789. The number of allylic oxidation sites excluding steroid dienone is 1. The van der Waals surface area contributed by atoms with Crippen LogP contribution in [0, 0.1) is 17.8 Å². The SMILES string of the molecule is CO[C@@H]1[C@H](OC(=O)N[C@@H](COC(=O)CNC(=O)[C@H](CCSC)NC(=O)CNC(=O)[C@H](CC(C)C)NC(=O)[C@H]2CCCN2C(C)=O)C(C)C)CC[C@]2(CO2)[C@H]1[C@@]1(C)O[C@@H]1CC=C(C)C. The average molecular weight is 909 g/mol. The zero-order valence-electron chi connectivity index (χ0n) is 38.8. The second-order valence-electron chi connectivity index (χ2n) is 18.4. The fraction of sp³-hybridized carbons (Fsp3) is 0.795. The van der Waals surface area contributed by atoms with Gasteiger partial charge in [-0.1, -0.05) is 39.3 Å². The number of carbonyl (C=O) groups is 7. The molecule has 5 N–H and O–H groups in total. The standard InChI is InChI=1S/C44H72N6O12S/c1-25(2)13-14-34-43(8,62-34)38-37(58-9)33(15-17-44(38)24-60-44)61-42(57)49-31(27(5)6)23-59-36(53)22-46-39(54)29(16-19-63-10)47-35(52)21-45-40(55)30(20-26(3)4)48-41(56)32-12-11-18-50(32)28(7)51/h13,26-27,29-34,37-38H,11-12,14-24H2,1-10H3,(H,45,55)(H,46,54)(H,47,52)(H,48,56)(H,49,57)/t29-,30-,31-,32+,33+,34+,37+,38+,43-,44-/m0/s1. The molecule has 356 valence electrons. The number of amides is 6. The Morgan fingerprint density at radius 3 is 2.22 bits per heavy atom. The van der Waals surface area contributed by atoms with E-state index in [1.54, 1.807) is 7.11 Å². The van der Waals surface area contributed by atoms with E-state index in [1.165, 1.54) is 29.2 Å². The van der Waals surface area contributed by atoms with Gasteiger partial charge in [0.25, 0.3) is 0 Å². The number of nitrogens with one attached hydrogen (secondary N) is 5. The summed E-state index contributed by atoms with van der Waals surface area (Å²) >= 11 is 1.46. The Kier molecular flexibility index (Phi) is 19.1. The van der Waals surface area contributed by atoms with Gasteiger partial charge in [0, 0.05) is 20.6 Å². The van der Waals surface area contributed by atoms with E-state index < -0.39 is 90.8 Å². The van der Waals surface area contributed by atoms with Gasteiger partial charge in [0.05, 0.1) is 31.2 Å². The first-order chi connectivity index (χ1) is 29.7. The molecule has 0 unspecified atom stereocenters. The van der Waals surface area contributed by atoms with E-state index in [9.17, 15) is 33.6 Å². The summed E-state index contributed by atoms with van der Waals surface area (Å²) in [5.74, 6) is -2.96. The minimum atomic E-state index is -1.02. The molecular weight excluding hydrogens is 837 g/mol. The second kappa shape index (κ2) is 23.3. The highest BCUT2D eigenvalue weighted by molar-refractivity contribution is 7.98. The monoisotopic (exact) mass is 908 g/mol. The van der Waals surface area contributed by atoms with Gasteiger partial charge >= 0.3 is 12.1 Å². The Labute approximate surface area is 376 Å². The number of rotatable bonds is 23. The number of carbonyl (C=O) groups excluding carboxylic acids is 7. The molecule has 1 saturated carbocycles. The Morgan fingerprint density at radius 1 is 0.937 bits per heavy atom. The highest BCUT2D eigenvalue weighted by Crippen LogP contribution is 2.59. The van der Waals surface area contributed by atoms with Crippen molar-refractivity contribution in [2.75, 3.05) is 52.0 Å². The van der Waals surface area contributed by atoms with Crippen molar-refractivity contribution >= 4 is 53.4 Å². The number of thioether (sulfide) groups is 1. The van der Waals surface area contributed by atoms with Gasteiger partial charge in [-0.3, -0.25) is 28.8 Å². The zero-order chi connectivity index (χ0) is 46.6. The van der Waals surface area contributed by atoms with Crippen molar-refractivity contribution < 1.29 is 57.2 Å². The summed E-state index contributed by atoms with van der Waals surface area (Å²) in [6.45, 7) is 15.0. The lowest BCUT2D eigenvalue weighted by Gasteiger charge is -2.42. The van der Waals surface area contributed by atoms with Crippen LogP contribution >= 0.6 is 11.8 Å². The molecule has 1 spiro atoms. The number of methoxy groups -OCH3 is 1. The number of alkyl carbamates (subject to hydrolysis) is 1. The molecule has 0 radical (unpaired) electrons. The molecule has 10 atom stereocenters. The number of hydrogen-bond acceptors (Lipinski definition) is 13. The van der Waals surface area contributed by atoms with Crippen molar-refractivity contribution in [3.05, 3.63) is 11.6 Å². The number of ether oxygens (including phenoxy) is 5. The Morgan fingerprint density at radius 2 is 1.62 bits per heavy atom. The highest BCUT2D eigenvalue weighted by Gasteiger charge is 2.72. The van der Waals surface area contributed by atoms with Gasteiger partial charge in [-0.05, 0) is 89.6 Å². The van der Waals surface area contributed by atoms with Crippen LogP contribution in [0.3, 0.4) is 0 Å². The molecule has 19 heteroatoms. The predicted octanol–water partition coefficient (Wildman–Crippen LogP) is 2.37. The molecule has 63 heavy (non-hydrogen) atoms. The highest BCUT2D eigenvalue weighted by atomic mass is 32.2. The summed E-state index contributed by atoms with van der Waals surface area (Å²) in [5, 5.41) is 13.3. The van der Waals surface area contributed by atoms with Crippen LogP contribution in [-0.4, -0.2) is 152 Å². The van der Waals surface area contributed by atoms with E-state index in [1.807, 2.05) is 34.0 Å². The summed E-state index contributed by atoms with van der Waals surface area (Å²) in [6.07, 6.45) is 6.07. The molecule has 3 aliphatic heterocycles. The lowest BCUT2D eigenvalue weighted by atomic mass is 9.68.